The number of nitrogens with zero attached hydrogens (tertiary/aromatic N) is 6. The zero-order valence-corrected chi connectivity index (χ0v) is 33.2. The van der Waals surface area contributed by atoms with Gasteiger partial charge in [0.1, 0.15) is 17.3 Å². The van der Waals surface area contributed by atoms with E-state index in [4.69, 9.17) is 21.1 Å². The van der Waals surface area contributed by atoms with Crippen LogP contribution in [0.4, 0.5) is 10.1 Å². The molecule has 2 aliphatic heterocycles. The van der Waals surface area contributed by atoms with Crippen molar-refractivity contribution in [1.29, 1.82) is 0 Å². The Labute approximate surface area is 345 Å². The van der Waals surface area contributed by atoms with Gasteiger partial charge in [-0.25, -0.2) is 32.9 Å². The quantitative estimate of drug-likeness (QED) is 0.157. The molecule has 0 bridgehead atoms. The van der Waals surface area contributed by atoms with E-state index in [1.807, 2.05) is 0 Å². The standard InChI is InChI=1S/C43H37ClFN7O8/c1-48-34-22-36(60-3)35(59-2)21-32(34)46-31(39(48)55)16-17-49-41(57)50-18-15-29-33(52(50)42(49)58)20-30-38(54)51(47-27-13-11-26(45)12-14-27)40(56)43(30,24-7-9-25(44)10-8-24)37(29)23-5-4-6-28(53)19-23/h4-15,19,21-22,30,33,37,47,53H,16-18,20H2,1-3H3/t30-,33+,37-,43+/m0/s1. The van der Waals surface area contributed by atoms with Gasteiger partial charge in [-0.15, -0.1) is 0 Å². The molecule has 15 nitrogen and oxygen atoms in total. The number of hydrogen-bond acceptors (Lipinski definition) is 10. The first-order valence-corrected chi connectivity index (χ1v) is 19.4. The molecule has 306 valence electrons. The number of aromatic nitrogens is 5. The third kappa shape index (κ3) is 5.76. The van der Waals surface area contributed by atoms with E-state index >= 15 is 4.79 Å². The number of nitrogens with one attached hydrogen (secondary N) is 1. The molecule has 6 aromatic rings. The van der Waals surface area contributed by atoms with Gasteiger partial charge in [0.05, 0.1) is 54.9 Å². The molecule has 2 N–H and O–H groups in total. The van der Waals surface area contributed by atoms with E-state index in [2.05, 4.69) is 10.4 Å². The second kappa shape index (κ2) is 14.4. The molecule has 1 saturated heterocycles. The van der Waals surface area contributed by atoms with Gasteiger partial charge in [0.2, 0.25) is 0 Å². The van der Waals surface area contributed by atoms with Crippen LogP contribution in [0.3, 0.4) is 0 Å². The highest BCUT2D eigenvalue weighted by atomic mass is 35.5. The number of anilines is 1. The number of hydrazine groups is 1. The lowest BCUT2D eigenvalue weighted by Crippen LogP contribution is -2.53. The molecule has 0 unspecified atom stereocenters. The minimum absolute atomic E-state index is 0.0547. The molecule has 3 aliphatic rings. The highest BCUT2D eigenvalue weighted by Crippen LogP contribution is 2.62. The van der Waals surface area contributed by atoms with Gasteiger partial charge >= 0.3 is 11.4 Å². The Morgan fingerprint density at radius 3 is 2.35 bits per heavy atom. The number of benzene rings is 4. The van der Waals surface area contributed by atoms with Crippen LogP contribution in [0.15, 0.2) is 111 Å². The van der Waals surface area contributed by atoms with E-state index in [0.29, 0.717) is 44.3 Å². The Kier molecular flexibility index (Phi) is 9.26. The number of imide groups is 1. The number of aromatic hydroxyl groups is 1. The van der Waals surface area contributed by atoms with Crippen molar-refractivity contribution in [3.63, 3.8) is 0 Å². The number of phenolic OH excluding ortho intramolecular Hbond substituents is 1. The number of fused-ring (bicyclic) bond motifs is 5. The number of carbonyl (C=O) groups is 2. The molecule has 17 heteroatoms. The molecule has 4 atom stereocenters. The number of ether oxygens (including phenoxy) is 2. The summed E-state index contributed by atoms with van der Waals surface area (Å²) in [6, 6.07) is 20.6. The molecule has 2 amide bonds. The van der Waals surface area contributed by atoms with Crippen LogP contribution in [-0.2, 0) is 41.6 Å². The van der Waals surface area contributed by atoms with Crippen molar-refractivity contribution in [2.45, 2.75) is 43.3 Å². The van der Waals surface area contributed by atoms with Crippen molar-refractivity contribution in [3.8, 4) is 17.2 Å². The third-order valence-electron chi connectivity index (χ3n) is 12.0. The van der Waals surface area contributed by atoms with Gasteiger partial charge in [-0.05, 0) is 71.7 Å². The maximum absolute atomic E-state index is 15.2. The van der Waals surface area contributed by atoms with Crippen LogP contribution in [-0.4, -0.2) is 59.6 Å². The maximum Gasteiger partial charge on any atom is 0.347 e. The summed E-state index contributed by atoms with van der Waals surface area (Å²) < 4.78 is 29.8. The monoisotopic (exact) mass is 833 g/mol. The van der Waals surface area contributed by atoms with Crippen LogP contribution in [0.5, 0.6) is 17.2 Å². The molecule has 0 spiro atoms. The number of halogens is 2. The van der Waals surface area contributed by atoms with E-state index < -0.39 is 57.9 Å². The number of methoxy groups -OCH3 is 2. The molecule has 0 radical (unpaired) electrons. The number of hydrogen-bond donors (Lipinski definition) is 2. The summed E-state index contributed by atoms with van der Waals surface area (Å²) in [4.78, 5) is 76.8. The van der Waals surface area contributed by atoms with Crippen molar-refractivity contribution in [2.75, 3.05) is 19.6 Å². The summed E-state index contributed by atoms with van der Waals surface area (Å²) >= 11 is 6.36. The van der Waals surface area contributed by atoms with E-state index in [1.54, 1.807) is 61.7 Å². The number of carbonyl (C=O) groups excluding carboxylic acids is 2. The minimum atomic E-state index is -1.63. The Bertz CT molecular complexity index is 2970. The molecule has 2 aromatic heterocycles. The second-order valence-electron chi connectivity index (χ2n) is 15.0. The average Bonchev–Trinajstić information content (AvgIpc) is 3.62. The van der Waals surface area contributed by atoms with Crippen LogP contribution in [0, 0.1) is 11.7 Å². The van der Waals surface area contributed by atoms with Crippen LogP contribution in [0.1, 0.15) is 35.2 Å². The molecule has 1 saturated carbocycles. The fourth-order valence-electron chi connectivity index (χ4n) is 9.33. The largest absolute Gasteiger partial charge is 0.508 e. The van der Waals surface area contributed by atoms with Gasteiger partial charge < -0.3 is 19.1 Å². The number of phenols is 1. The van der Waals surface area contributed by atoms with E-state index in [1.165, 1.54) is 64.5 Å². The van der Waals surface area contributed by atoms with Crippen molar-refractivity contribution < 1.29 is 28.6 Å². The zero-order valence-electron chi connectivity index (χ0n) is 32.5. The predicted octanol–water partition coefficient (Wildman–Crippen LogP) is 4.44. The van der Waals surface area contributed by atoms with Crippen LogP contribution in [0.2, 0.25) is 5.02 Å². The number of rotatable bonds is 9. The normalized spacial score (nSPS) is 20.7. The van der Waals surface area contributed by atoms with E-state index in [0.717, 1.165) is 9.58 Å². The van der Waals surface area contributed by atoms with Gasteiger partial charge in [0.15, 0.2) is 11.5 Å². The number of amides is 2. The first-order chi connectivity index (χ1) is 28.9. The zero-order chi connectivity index (χ0) is 42.2. The highest BCUT2D eigenvalue weighted by molar-refractivity contribution is 6.30. The van der Waals surface area contributed by atoms with Crippen molar-refractivity contribution in [1.82, 2.24) is 28.5 Å². The summed E-state index contributed by atoms with van der Waals surface area (Å²) in [6.07, 6.45) is 1.66. The molecular formula is C43H37ClFN7O8. The first-order valence-electron chi connectivity index (χ1n) is 19.1. The van der Waals surface area contributed by atoms with Gasteiger partial charge in [0.25, 0.3) is 17.4 Å². The molecule has 4 heterocycles. The number of aryl methyl sites for hydroxylation is 2. The molecule has 2 fully saturated rings. The summed E-state index contributed by atoms with van der Waals surface area (Å²) in [7, 11) is 4.56. The average molecular weight is 834 g/mol. The lowest BCUT2D eigenvalue weighted by molar-refractivity contribution is -0.138. The topological polar surface area (TPSA) is 172 Å². The van der Waals surface area contributed by atoms with Crippen molar-refractivity contribution in [2.24, 2.45) is 13.0 Å². The molecule has 1 aliphatic carbocycles. The first kappa shape index (κ1) is 38.6. The van der Waals surface area contributed by atoms with Crippen molar-refractivity contribution >= 4 is 40.1 Å². The smallest absolute Gasteiger partial charge is 0.347 e. The fourth-order valence-corrected chi connectivity index (χ4v) is 9.45. The van der Waals surface area contributed by atoms with Crippen molar-refractivity contribution in [3.05, 3.63) is 156 Å². The molecule has 60 heavy (non-hydrogen) atoms. The van der Waals surface area contributed by atoms with Crippen LogP contribution >= 0.6 is 11.6 Å². The van der Waals surface area contributed by atoms with Crippen LogP contribution < -0.4 is 31.8 Å². The Balaban J connectivity index is 1.16. The maximum atomic E-state index is 15.2. The summed E-state index contributed by atoms with van der Waals surface area (Å²) in [6.45, 7) is -0.241. The van der Waals surface area contributed by atoms with E-state index in [-0.39, 0.29) is 43.1 Å². The second-order valence-corrected chi connectivity index (χ2v) is 15.5. The SMILES string of the molecule is COc1cc2nc(CCn3c(=O)n4n(c3=O)[C@@H]3C[C@H]5C(=O)N(Nc6ccc(F)cc6)C(=O)[C@@]5(c5ccc(Cl)cc5)[C@@H](c5cccc(O)c5)C3=CC4)c(=O)n(C)c2cc1OC. The lowest BCUT2D eigenvalue weighted by atomic mass is 9.53. The van der Waals surface area contributed by atoms with Gasteiger partial charge in [0, 0.05) is 43.1 Å². The Morgan fingerprint density at radius 2 is 1.65 bits per heavy atom. The van der Waals surface area contributed by atoms with Gasteiger partial charge in [-0.3, -0.25) is 19.8 Å². The van der Waals surface area contributed by atoms with Gasteiger partial charge in [-0.2, -0.15) is 5.01 Å². The lowest BCUT2D eigenvalue weighted by Gasteiger charge is -2.49. The molecule has 9 rings (SSSR count). The molecular weight excluding hydrogens is 797 g/mol. The highest BCUT2D eigenvalue weighted by Gasteiger charge is 2.68. The summed E-state index contributed by atoms with van der Waals surface area (Å²) in [5.74, 6) is -3.04. The Morgan fingerprint density at radius 1 is 0.933 bits per heavy atom. The Hall–Kier alpha value is -6.94. The molecule has 4 aromatic carbocycles. The van der Waals surface area contributed by atoms with Gasteiger partial charge in [-0.1, -0.05) is 41.9 Å². The summed E-state index contributed by atoms with van der Waals surface area (Å²) in [5, 5.41) is 12.1. The fraction of sp³-hybridized carbons (Fsp3) is 0.256. The third-order valence-corrected chi connectivity index (χ3v) is 12.3. The number of allylic oxidation sites excluding steroid dienone is 2. The van der Waals surface area contributed by atoms with E-state index in [9.17, 15) is 28.7 Å². The predicted molar refractivity (Wildman–Crippen MR) is 218 cm³/mol. The minimum Gasteiger partial charge on any atom is -0.508 e. The van der Waals surface area contributed by atoms with Crippen LogP contribution in [0.25, 0.3) is 11.0 Å². The summed E-state index contributed by atoms with van der Waals surface area (Å²) in [5.41, 5.74) is 2.45.